The van der Waals surface area contributed by atoms with E-state index >= 15 is 4.39 Å². The van der Waals surface area contributed by atoms with Crippen molar-refractivity contribution in [3.63, 3.8) is 0 Å². The number of fused-ring (bicyclic) bond motifs is 3. The third-order valence-electron chi connectivity index (χ3n) is 13.1. The number of piperidine rings is 2. The second-order valence-electron chi connectivity index (χ2n) is 16.8. The van der Waals surface area contributed by atoms with E-state index in [2.05, 4.69) is 36.4 Å². The first kappa shape index (κ1) is 36.9. The Hall–Kier alpha value is -4.69. The first-order valence-corrected chi connectivity index (χ1v) is 20.2. The lowest BCUT2D eigenvalue weighted by atomic mass is 9.57. The van der Waals surface area contributed by atoms with Crippen molar-refractivity contribution in [3.05, 3.63) is 77.5 Å². The molecule has 9 rings (SSSR count). The van der Waals surface area contributed by atoms with Crippen LogP contribution in [0.5, 0.6) is 0 Å². The molecule has 4 aromatic rings. The molecular weight excluding hydrogens is 720 g/mol. The van der Waals surface area contributed by atoms with E-state index < -0.39 is 12.5 Å². The number of nitrogens with one attached hydrogen (secondary N) is 3. The molecule has 4 fully saturated rings. The Labute approximate surface area is 325 Å². The summed E-state index contributed by atoms with van der Waals surface area (Å²) >= 11 is 0. The fourth-order valence-corrected chi connectivity index (χ4v) is 10.3. The smallest absolute Gasteiger partial charge is 0.251 e. The molecule has 56 heavy (non-hydrogen) atoms. The van der Waals surface area contributed by atoms with Crippen LogP contribution < -0.4 is 20.4 Å². The largest absolute Gasteiger partial charge is 0.374 e. The molecule has 1 saturated carbocycles. The predicted molar refractivity (Wildman–Crippen MR) is 210 cm³/mol. The Kier molecular flexibility index (Phi) is 9.89. The molecule has 11 nitrogen and oxygen atoms in total. The van der Waals surface area contributed by atoms with Crippen LogP contribution in [-0.4, -0.2) is 107 Å². The summed E-state index contributed by atoms with van der Waals surface area (Å²) in [6.45, 7) is 7.90. The van der Waals surface area contributed by atoms with Crippen LogP contribution in [0.4, 0.5) is 30.5 Å². The van der Waals surface area contributed by atoms with E-state index in [9.17, 15) is 18.4 Å². The maximum atomic E-state index is 15.2. The molecular formula is C42H50F3N9O2. The zero-order valence-electron chi connectivity index (χ0n) is 31.8. The van der Waals surface area contributed by atoms with Gasteiger partial charge in [-0.05, 0) is 86.6 Å². The van der Waals surface area contributed by atoms with Crippen LogP contribution in [0.15, 0.2) is 54.9 Å². The molecule has 296 valence electrons. The highest BCUT2D eigenvalue weighted by Crippen LogP contribution is 2.53. The van der Waals surface area contributed by atoms with Crippen molar-refractivity contribution < 1.29 is 22.8 Å². The fraction of sp³-hybridized carbons (Fsp3) is 0.524. The fourth-order valence-electron chi connectivity index (χ4n) is 10.3. The van der Waals surface area contributed by atoms with Gasteiger partial charge in [0.2, 0.25) is 17.8 Å². The van der Waals surface area contributed by atoms with Crippen molar-refractivity contribution in [1.82, 2.24) is 30.1 Å². The van der Waals surface area contributed by atoms with Crippen LogP contribution >= 0.6 is 0 Å². The minimum absolute atomic E-state index is 0.0542. The van der Waals surface area contributed by atoms with Gasteiger partial charge in [0.25, 0.3) is 6.43 Å². The number of aromatic amines is 1. The number of amides is 2. The van der Waals surface area contributed by atoms with E-state index in [1.165, 1.54) is 24.5 Å². The minimum atomic E-state index is -2.44. The molecule has 1 unspecified atom stereocenters. The van der Waals surface area contributed by atoms with Crippen LogP contribution in [0.2, 0.25) is 0 Å². The summed E-state index contributed by atoms with van der Waals surface area (Å²) in [5.41, 5.74) is 5.48. The number of piperazine rings is 1. The van der Waals surface area contributed by atoms with Gasteiger partial charge >= 0.3 is 0 Å². The van der Waals surface area contributed by atoms with Crippen molar-refractivity contribution in [3.8, 4) is 0 Å². The average Bonchev–Trinajstić information content (AvgIpc) is 3.54. The Morgan fingerprint density at radius 1 is 0.964 bits per heavy atom. The third-order valence-corrected chi connectivity index (χ3v) is 13.1. The number of carbonyl (C=O) groups is 2. The molecule has 2 amide bonds. The third kappa shape index (κ3) is 7.21. The molecule has 1 aliphatic carbocycles. The Morgan fingerprint density at radius 3 is 2.43 bits per heavy atom. The van der Waals surface area contributed by atoms with Gasteiger partial charge in [-0.15, -0.1) is 0 Å². The van der Waals surface area contributed by atoms with Crippen molar-refractivity contribution in [2.24, 2.45) is 11.3 Å². The molecule has 3 saturated heterocycles. The second kappa shape index (κ2) is 15.0. The summed E-state index contributed by atoms with van der Waals surface area (Å²) in [6.07, 6.45) is 7.28. The molecule has 0 radical (unpaired) electrons. The predicted octanol–water partition coefficient (Wildman–Crippen LogP) is 5.73. The number of para-hydroxylation sites is 1. The number of aromatic nitrogens is 3. The van der Waals surface area contributed by atoms with Gasteiger partial charge in [-0.25, -0.2) is 23.1 Å². The monoisotopic (exact) mass is 769 g/mol. The highest BCUT2D eigenvalue weighted by molar-refractivity contribution is 6.01. The van der Waals surface area contributed by atoms with Crippen molar-refractivity contribution in [2.75, 3.05) is 67.5 Å². The molecule has 5 aliphatic rings. The summed E-state index contributed by atoms with van der Waals surface area (Å²) in [4.78, 5) is 45.5. The minimum Gasteiger partial charge on any atom is -0.374 e. The maximum Gasteiger partial charge on any atom is 0.251 e. The highest BCUT2D eigenvalue weighted by Gasteiger charge is 2.46. The summed E-state index contributed by atoms with van der Waals surface area (Å²) < 4.78 is 42.9. The van der Waals surface area contributed by atoms with E-state index in [1.807, 2.05) is 42.4 Å². The number of carbonyl (C=O) groups excluding carboxylic acids is 2. The van der Waals surface area contributed by atoms with Crippen LogP contribution in [0.25, 0.3) is 10.9 Å². The number of H-pyrrole nitrogens is 1. The normalized spacial score (nSPS) is 24.8. The lowest BCUT2D eigenvalue weighted by molar-refractivity contribution is -0.133. The number of rotatable bonds is 9. The van der Waals surface area contributed by atoms with Gasteiger partial charge in [-0.3, -0.25) is 24.7 Å². The summed E-state index contributed by atoms with van der Waals surface area (Å²) in [7, 11) is 0. The molecule has 6 heterocycles. The number of hydrogen-bond acceptors (Lipinski definition) is 9. The Balaban J connectivity index is 0.757. The van der Waals surface area contributed by atoms with Gasteiger partial charge in [-0.2, -0.15) is 0 Å². The van der Waals surface area contributed by atoms with Crippen molar-refractivity contribution in [2.45, 2.75) is 76.4 Å². The van der Waals surface area contributed by atoms with Crippen LogP contribution in [-0.2, 0) is 16.0 Å². The quantitative estimate of drug-likeness (QED) is 0.184. The topological polar surface area (TPSA) is 113 Å². The summed E-state index contributed by atoms with van der Waals surface area (Å²) in [6, 6.07) is 12.2. The van der Waals surface area contributed by atoms with E-state index in [0.717, 1.165) is 80.8 Å². The number of anilines is 3. The van der Waals surface area contributed by atoms with Crippen LogP contribution in [0, 0.1) is 17.2 Å². The van der Waals surface area contributed by atoms with Gasteiger partial charge in [-0.1, -0.05) is 18.2 Å². The molecule has 1 spiro atoms. The van der Waals surface area contributed by atoms with Crippen LogP contribution in [0.1, 0.15) is 68.3 Å². The van der Waals surface area contributed by atoms with E-state index in [4.69, 9.17) is 9.97 Å². The van der Waals surface area contributed by atoms with Crippen LogP contribution in [0.3, 0.4) is 0 Å². The summed E-state index contributed by atoms with van der Waals surface area (Å²) in [5, 5.41) is 6.54. The number of benzene rings is 2. The lowest BCUT2D eigenvalue weighted by Gasteiger charge is -2.53. The number of hydrogen-bond donors (Lipinski definition) is 3. The molecule has 0 bridgehead atoms. The zero-order valence-corrected chi connectivity index (χ0v) is 31.8. The number of imide groups is 1. The maximum absolute atomic E-state index is 15.2. The van der Waals surface area contributed by atoms with E-state index in [-0.39, 0.29) is 42.7 Å². The van der Waals surface area contributed by atoms with E-state index in [1.54, 1.807) is 12.1 Å². The highest BCUT2D eigenvalue weighted by atomic mass is 19.3. The summed E-state index contributed by atoms with van der Waals surface area (Å²) in [5.74, 6) is 0.407. The molecule has 3 N–H and O–H groups in total. The zero-order chi connectivity index (χ0) is 38.6. The van der Waals surface area contributed by atoms with Gasteiger partial charge in [0.05, 0.1) is 18.3 Å². The Bertz CT molecular complexity index is 2070. The number of halogens is 3. The molecule has 2 aromatic carbocycles. The lowest BCUT2D eigenvalue weighted by Crippen LogP contribution is -2.53. The van der Waals surface area contributed by atoms with Crippen molar-refractivity contribution in [1.29, 1.82) is 0 Å². The molecule has 2 aromatic heterocycles. The van der Waals surface area contributed by atoms with Gasteiger partial charge in [0.1, 0.15) is 11.9 Å². The SMILES string of the molecule is C[C@@H]1Cc2c([nH]c3ccccc23)[C@@H](c2cnc(N3CCC4(CC3)CC(CN3CCN(c5ccc(NC6CCC(=O)NC6=O)cc5F)CC3)C4)nc2)N1CC(F)F. The number of alkyl halides is 2. The number of nitrogens with zero attached hydrogens (tertiary/aromatic N) is 6. The molecule has 3 atom stereocenters. The second-order valence-corrected chi connectivity index (χ2v) is 16.8. The first-order valence-electron chi connectivity index (χ1n) is 20.2. The van der Waals surface area contributed by atoms with Gasteiger partial charge in [0.15, 0.2) is 0 Å². The Morgan fingerprint density at radius 2 is 1.71 bits per heavy atom. The van der Waals surface area contributed by atoms with Crippen molar-refractivity contribution >= 4 is 40.0 Å². The first-order chi connectivity index (χ1) is 27.1. The molecule has 14 heteroatoms. The average molecular weight is 770 g/mol. The van der Waals surface area contributed by atoms with E-state index in [0.29, 0.717) is 41.5 Å². The van der Waals surface area contributed by atoms with Gasteiger partial charge in [0, 0.05) is 98.5 Å². The molecule has 4 aliphatic heterocycles. The van der Waals surface area contributed by atoms with Gasteiger partial charge < -0.3 is 20.1 Å². The standard InChI is InChI=1S/C42H50F3N9O2/c1-26-18-31-30-4-2-3-5-33(30)49-38(31)39(54(26)25-36(44)45)28-22-46-41(47-23-28)53-12-10-42(11-13-53)20-27(21-42)24-51-14-16-52(17-15-51)35-8-6-29(19-32(35)43)48-34-7-9-37(55)50-40(34)56/h2-6,8,19,22-23,26-27,34,36,39,48-49H,7,9-18,20-21,24-25H2,1H3,(H,50,55,56)/t26-,34?,39-/m1/s1.